The molecule has 2 aromatic rings. The molecule has 1 aromatic carbocycles. The third-order valence-electron chi connectivity index (χ3n) is 5.53. The Bertz CT molecular complexity index is 760. The lowest BCUT2D eigenvalue weighted by Crippen LogP contribution is -2.50. The summed E-state index contributed by atoms with van der Waals surface area (Å²) in [5.74, 6) is 0.938. The Kier molecular flexibility index (Phi) is 5.34. The average molecular weight is 368 g/mol. The van der Waals surface area contributed by atoms with Crippen LogP contribution in [0.25, 0.3) is 0 Å². The molecule has 4 rings (SSSR count). The van der Waals surface area contributed by atoms with Crippen molar-refractivity contribution in [2.45, 2.75) is 18.9 Å². The first-order valence-electron chi connectivity index (χ1n) is 9.64. The fourth-order valence-corrected chi connectivity index (χ4v) is 4.05. The molecule has 6 heteroatoms. The highest BCUT2D eigenvalue weighted by molar-refractivity contribution is 5.79. The van der Waals surface area contributed by atoms with Crippen LogP contribution in [0.3, 0.4) is 0 Å². The van der Waals surface area contributed by atoms with Crippen LogP contribution in [0, 0.1) is 5.82 Å². The summed E-state index contributed by atoms with van der Waals surface area (Å²) in [4.78, 5) is 23.8. The predicted molar refractivity (Wildman–Crippen MR) is 103 cm³/mol. The van der Waals surface area contributed by atoms with Crippen molar-refractivity contribution in [3.8, 4) is 0 Å². The fourth-order valence-electron chi connectivity index (χ4n) is 4.05. The molecule has 1 atom stereocenters. The van der Waals surface area contributed by atoms with Gasteiger partial charge in [0.2, 0.25) is 5.91 Å². The van der Waals surface area contributed by atoms with E-state index in [2.05, 4.69) is 14.8 Å². The summed E-state index contributed by atoms with van der Waals surface area (Å²) in [7, 11) is 0. The van der Waals surface area contributed by atoms with Crippen LogP contribution in [-0.2, 0) is 4.79 Å². The molecule has 1 amide bonds. The first kappa shape index (κ1) is 17.9. The van der Waals surface area contributed by atoms with Crippen LogP contribution in [0.4, 0.5) is 10.2 Å². The number of pyridine rings is 1. The van der Waals surface area contributed by atoms with Crippen LogP contribution in [0.15, 0.2) is 48.7 Å². The molecular weight excluding hydrogens is 343 g/mol. The second-order valence-corrected chi connectivity index (χ2v) is 7.25. The summed E-state index contributed by atoms with van der Waals surface area (Å²) in [5.41, 5.74) is 1.03. The molecule has 3 heterocycles. The number of hydrogen-bond donors (Lipinski definition) is 0. The van der Waals surface area contributed by atoms with E-state index in [1.165, 1.54) is 12.1 Å². The molecule has 0 bridgehead atoms. The molecule has 0 aliphatic carbocycles. The maximum atomic E-state index is 13.2. The molecule has 0 radical (unpaired) electrons. The Hall–Kier alpha value is -2.47. The molecule has 0 spiro atoms. The van der Waals surface area contributed by atoms with Gasteiger partial charge in [0.15, 0.2) is 0 Å². The number of piperazine rings is 1. The van der Waals surface area contributed by atoms with E-state index >= 15 is 0 Å². The summed E-state index contributed by atoms with van der Waals surface area (Å²) in [6.07, 6.45) is 3.76. The van der Waals surface area contributed by atoms with Crippen molar-refractivity contribution in [2.24, 2.45) is 0 Å². The average Bonchev–Trinajstić information content (AvgIpc) is 3.20. The van der Waals surface area contributed by atoms with E-state index in [0.29, 0.717) is 6.54 Å². The van der Waals surface area contributed by atoms with Gasteiger partial charge in [-0.25, -0.2) is 9.37 Å². The molecule has 2 aliphatic heterocycles. The third-order valence-corrected chi connectivity index (χ3v) is 5.53. The van der Waals surface area contributed by atoms with E-state index in [4.69, 9.17) is 0 Å². The zero-order chi connectivity index (χ0) is 18.6. The van der Waals surface area contributed by atoms with Crippen molar-refractivity contribution in [2.75, 3.05) is 44.2 Å². The van der Waals surface area contributed by atoms with E-state index in [1.807, 2.05) is 29.3 Å². The van der Waals surface area contributed by atoms with Gasteiger partial charge in [-0.3, -0.25) is 9.69 Å². The SMILES string of the molecule is O=C(CN1CCN(c2ccccn2)CC1)N1CCCC1c1ccc(F)cc1. The number of amides is 1. The second kappa shape index (κ2) is 8.05. The summed E-state index contributed by atoms with van der Waals surface area (Å²) >= 11 is 0. The lowest BCUT2D eigenvalue weighted by molar-refractivity contribution is -0.133. The number of anilines is 1. The molecule has 2 fully saturated rings. The minimum absolute atomic E-state index is 0.0768. The largest absolute Gasteiger partial charge is 0.354 e. The molecule has 2 aliphatic rings. The molecule has 142 valence electrons. The zero-order valence-corrected chi connectivity index (χ0v) is 15.4. The van der Waals surface area contributed by atoms with Gasteiger partial charge in [0, 0.05) is 38.9 Å². The number of carbonyl (C=O) groups excluding carboxylic acids is 1. The van der Waals surface area contributed by atoms with Crippen LogP contribution >= 0.6 is 0 Å². The Labute approximate surface area is 159 Å². The van der Waals surface area contributed by atoms with Gasteiger partial charge >= 0.3 is 0 Å². The van der Waals surface area contributed by atoms with Crippen LogP contribution in [0.5, 0.6) is 0 Å². The van der Waals surface area contributed by atoms with Crippen molar-refractivity contribution in [1.82, 2.24) is 14.8 Å². The molecule has 5 nitrogen and oxygen atoms in total. The third kappa shape index (κ3) is 4.11. The summed E-state index contributed by atoms with van der Waals surface area (Å²) in [6, 6.07) is 12.6. The maximum Gasteiger partial charge on any atom is 0.237 e. The van der Waals surface area contributed by atoms with Gasteiger partial charge in [-0.2, -0.15) is 0 Å². The number of nitrogens with zero attached hydrogens (tertiary/aromatic N) is 4. The molecule has 27 heavy (non-hydrogen) atoms. The summed E-state index contributed by atoms with van der Waals surface area (Å²) in [6.45, 7) is 4.72. The molecule has 0 saturated carbocycles. The first-order chi connectivity index (χ1) is 13.2. The van der Waals surface area contributed by atoms with Crippen molar-refractivity contribution in [3.63, 3.8) is 0 Å². The highest BCUT2D eigenvalue weighted by Crippen LogP contribution is 2.32. The number of benzene rings is 1. The molecule has 2 saturated heterocycles. The molecule has 1 aromatic heterocycles. The van der Waals surface area contributed by atoms with E-state index in [9.17, 15) is 9.18 Å². The van der Waals surface area contributed by atoms with Crippen LogP contribution in [0.1, 0.15) is 24.4 Å². The summed E-state index contributed by atoms with van der Waals surface area (Å²) in [5, 5.41) is 0. The molecular formula is C21H25FN4O. The van der Waals surface area contributed by atoms with Crippen molar-refractivity contribution < 1.29 is 9.18 Å². The van der Waals surface area contributed by atoms with Crippen LogP contribution in [0.2, 0.25) is 0 Å². The quantitative estimate of drug-likeness (QED) is 0.832. The highest BCUT2D eigenvalue weighted by Gasteiger charge is 2.31. The number of carbonyl (C=O) groups is 1. The minimum atomic E-state index is -0.236. The Morgan fingerprint density at radius 3 is 2.52 bits per heavy atom. The lowest BCUT2D eigenvalue weighted by Gasteiger charge is -2.36. The van der Waals surface area contributed by atoms with Gasteiger partial charge in [-0.1, -0.05) is 18.2 Å². The second-order valence-electron chi connectivity index (χ2n) is 7.25. The van der Waals surface area contributed by atoms with E-state index in [-0.39, 0.29) is 17.8 Å². The van der Waals surface area contributed by atoms with Crippen molar-refractivity contribution >= 4 is 11.7 Å². The van der Waals surface area contributed by atoms with E-state index in [0.717, 1.165) is 56.9 Å². The number of rotatable bonds is 4. The lowest BCUT2D eigenvalue weighted by atomic mass is 10.0. The predicted octanol–water partition coefficient (Wildman–Crippen LogP) is 2.71. The van der Waals surface area contributed by atoms with Crippen molar-refractivity contribution in [1.29, 1.82) is 0 Å². The number of hydrogen-bond acceptors (Lipinski definition) is 4. The highest BCUT2D eigenvalue weighted by atomic mass is 19.1. The van der Waals surface area contributed by atoms with Gasteiger partial charge in [0.05, 0.1) is 12.6 Å². The number of halogens is 1. The Morgan fingerprint density at radius 1 is 1.04 bits per heavy atom. The monoisotopic (exact) mass is 368 g/mol. The Balaban J connectivity index is 1.33. The first-order valence-corrected chi connectivity index (χ1v) is 9.64. The Morgan fingerprint density at radius 2 is 1.81 bits per heavy atom. The van der Waals surface area contributed by atoms with E-state index in [1.54, 1.807) is 12.1 Å². The van der Waals surface area contributed by atoms with Gasteiger partial charge < -0.3 is 9.80 Å². The number of aromatic nitrogens is 1. The van der Waals surface area contributed by atoms with Crippen LogP contribution < -0.4 is 4.90 Å². The fraction of sp³-hybridized carbons (Fsp3) is 0.429. The summed E-state index contributed by atoms with van der Waals surface area (Å²) < 4.78 is 13.2. The standard InChI is InChI=1S/C21H25FN4O/c22-18-8-6-17(7-9-18)19-4-3-11-26(19)21(27)16-24-12-14-25(15-13-24)20-5-1-2-10-23-20/h1-2,5-10,19H,3-4,11-16H2. The number of likely N-dealkylation sites (tertiary alicyclic amines) is 1. The van der Waals surface area contributed by atoms with Crippen LogP contribution in [-0.4, -0.2) is 60.0 Å². The topological polar surface area (TPSA) is 39.7 Å². The van der Waals surface area contributed by atoms with Gasteiger partial charge in [-0.15, -0.1) is 0 Å². The van der Waals surface area contributed by atoms with Gasteiger partial charge in [0.25, 0.3) is 0 Å². The molecule has 1 unspecified atom stereocenters. The van der Waals surface area contributed by atoms with Gasteiger partial charge in [-0.05, 0) is 42.7 Å². The van der Waals surface area contributed by atoms with E-state index < -0.39 is 0 Å². The van der Waals surface area contributed by atoms with Gasteiger partial charge in [0.1, 0.15) is 11.6 Å². The molecule has 0 N–H and O–H groups in total. The maximum absolute atomic E-state index is 13.2. The zero-order valence-electron chi connectivity index (χ0n) is 15.4. The smallest absolute Gasteiger partial charge is 0.237 e. The van der Waals surface area contributed by atoms with Crippen molar-refractivity contribution in [3.05, 3.63) is 60.0 Å². The minimum Gasteiger partial charge on any atom is -0.354 e. The normalized spacial score (nSPS) is 20.9.